The van der Waals surface area contributed by atoms with Gasteiger partial charge in [0.2, 0.25) is 6.29 Å². The third-order valence-electron chi connectivity index (χ3n) is 2.09. The zero-order valence-electron chi connectivity index (χ0n) is 8.64. The highest BCUT2D eigenvalue weighted by Gasteiger charge is 2.29. The van der Waals surface area contributed by atoms with Crippen molar-refractivity contribution >= 4 is 11.9 Å². The molecule has 0 bridgehead atoms. The predicted octanol–water partition coefficient (Wildman–Crippen LogP) is 0.986. The smallest absolute Gasteiger partial charge is 0.341 e. The van der Waals surface area contributed by atoms with Gasteiger partial charge in [-0.25, -0.2) is 9.59 Å². The molecular weight excluding hydrogens is 212 g/mol. The van der Waals surface area contributed by atoms with Crippen LogP contribution in [0.1, 0.15) is 20.7 Å². The van der Waals surface area contributed by atoms with E-state index in [0.29, 0.717) is 6.61 Å². The third kappa shape index (κ3) is 2.20. The molecule has 0 radical (unpaired) electrons. The second-order valence-electron chi connectivity index (χ2n) is 3.21. The first-order chi connectivity index (χ1) is 7.72. The summed E-state index contributed by atoms with van der Waals surface area (Å²) in [7, 11) is 1.26. The monoisotopic (exact) mass is 222 g/mol. The summed E-state index contributed by atoms with van der Waals surface area (Å²) in [4.78, 5) is 23.0. The number of rotatable bonds is 3. The van der Waals surface area contributed by atoms with Gasteiger partial charge in [-0.05, 0) is 12.1 Å². The van der Waals surface area contributed by atoms with Crippen LogP contribution in [0.2, 0.25) is 0 Å². The molecule has 0 spiro atoms. The van der Waals surface area contributed by atoms with Crippen LogP contribution in [0.25, 0.3) is 0 Å². The largest absolute Gasteiger partial charge is 0.465 e. The molecule has 0 aliphatic carbocycles. The molecule has 1 heterocycles. The van der Waals surface area contributed by atoms with Crippen LogP contribution >= 0.6 is 0 Å². The van der Waals surface area contributed by atoms with Gasteiger partial charge >= 0.3 is 11.9 Å². The summed E-state index contributed by atoms with van der Waals surface area (Å²) in [6.45, 7) is 0.409. The van der Waals surface area contributed by atoms with Crippen LogP contribution in [0.15, 0.2) is 24.3 Å². The number of ether oxygens (including phenoxy) is 3. The van der Waals surface area contributed by atoms with E-state index in [-0.39, 0.29) is 11.1 Å². The summed E-state index contributed by atoms with van der Waals surface area (Å²) in [6, 6.07) is 6.32. The Bertz CT molecular complexity index is 422. The highest BCUT2D eigenvalue weighted by Crippen LogP contribution is 2.17. The fourth-order valence-corrected chi connectivity index (χ4v) is 1.24. The van der Waals surface area contributed by atoms with E-state index in [1.165, 1.54) is 19.2 Å². The maximum atomic E-state index is 11.6. The fourth-order valence-electron chi connectivity index (χ4n) is 1.24. The first kappa shape index (κ1) is 10.6. The Morgan fingerprint density at radius 1 is 1.25 bits per heavy atom. The second-order valence-corrected chi connectivity index (χ2v) is 3.21. The zero-order chi connectivity index (χ0) is 11.5. The van der Waals surface area contributed by atoms with E-state index in [1.54, 1.807) is 12.1 Å². The number of carbonyl (C=O) groups excluding carboxylic acids is 2. The first-order valence-electron chi connectivity index (χ1n) is 4.72. The van der Waals surface area contributed by atoms with Crippen LogP contribution in [-0.4, -0.2) is 31.9 Å². The Kier molecular flexibility index (Phi) is 2.87. The van der Waals surface area contributed by atoms with Crippen molar-refractivity contribution in [2.24, 2.45) is 0 Å². The van der Waals surface area contributed by atoms with Crippen molar-refractivity contribution in [3.05, 3.63) is 35.4 Å². The predicted molar refractivity (Wildman–Crippen MR) is 52.9 cm³/mol. The van der Waals surface area contributed by atoms with Gasteiger partial charge in [0.05, 0.1) is 18.2 Å². The van der Waals surface area contributed by atoms with Crippen LogP contribution in [-0.2, 0) is 14.2 Å². The molecule has 0 aromatic heterocycles. The summed E-state index contributed by atoms with van der Waals surface area (Å²) in [5, 5.41) is 0. The lowest BCUT2D eigenvalue weighted by atomic mass is 10.1. The molecule has 5 heteroatoms. The molecule has 2 rings (SSSR count). The number of methoxy groups -OCH3 is 1. The van der Waals surface area contributed by atoms with Gasteiger partial charge in [0.1, 0.15) is 6.61 Å². The van der Waals surface area contributed by atoms with Crippen LogP contribution < -0.4 is 0 Å². The van der Waals surface area contributed by atoms with Gasteiger partial charge in [-0.15, -0.1) is 0 Å². The minimum Gasteiger partial charge on any atom is -0.465 e. The normalized spacial score (nSPS) is 17.7. The van der Waals surface area contributed by atoms with E-state index in [4.69, 9.17) is 9.47 Å². The van der Waals surface area contributed by atoms with Gasteiger partial charge in [-0.2, -0.15) is 0 Å². The van der Waals surface area contributed by atoms with Gasteiger partial charge < -0.3 is 14.2 Å². The van der Waals surface area contributed by atoms with Gasteiger partial charge in [-0.1, -0.05) is 12.1 Å². The summed E-state index contributed by atoms with van der Waals surface area (Å²) in [6.07, 6.45) is -0.474. The lowest BCUT2D eigenvalue weighted by molar-refractivity contribution is 0.0290. The maximum Gasteiger partial charge on any atom is 0.341 e. The molecule has 0 N–H and O–H groups in total. The van der Waals surface area contributed by atoms with Crippen molar-refractivity contribution in [3.63, 3.8) is 0 Å². The molecule has 1 fully saturated rings. The van der Waals surface area contributed by atoms with Crippen LogP contribution in [0.3, 0.4) is 0 Å². The van der Waals surface area contributed by atoms with Crippen LogP contribution in [0, 0.1) is 0 Å². The maximum absolute atomic E-state index is 11.6. The number of esters is 2. The molecule has 1 unspecified atom stereocenters. The molecule has 1 aromatic carbocycles. The Labute approximate surface area is 91.9 Å². The lowest BCUT2D eigenvalue weighted by Crippen LogP contribution is -2.14. The molecule has 1 aromatic rings. The molecule has 1 atom stereocenters. The minimum absolute atomic E-state index is 0.185. The summed E-state index contributed by atoms with van der Waals surface area (Å²) in [5.41, 5.74) is 0.375. The van der Waals surface area contributed by atoms with Crippen molar-refractivity contribution in [3.8, 4) is 0 Å². The molecular formula is C11H10O5. The fraction of sp³-hybridized carbons (Fsp3) is 0.273. The highest BCUT2D eigenvalue weighted by molar-refractivity contribution is 6.03. The van der Waals surface area contributed by atoms with E-state index in [0.717, 1.165) is 0 Å². The van der Waals surface area contributed by atoms with E-state index >= 15 is 0 Å². The molecule has 1 aliphatic rings. The molecule has 84 valence electrons. The topological polar surface area (TPSA) is 65.1 Å². The minimum atomic E-state index is -0.580. The van der Waals surface area contributed by atoms with Gasteiger partial charge in [0, 0.05) is 0 Å². The average molecular weight is 222 g/mol. The Balaban J connectivity index is 2.23. The van der Waals surface area contributed by atoms with Crippen molar-refractivity contribution in [1.82, 2.24) is 0 Å². The molecule has 0 saturated carbocycles. The molecule has 1 saturated heterocycles. The van der Waals surface area contributed by atoms with E-state index in [1.807, 2.05) is 0 Å². The summed E-state index contributed by atoms with van der Waals surface area (Å²) in [5.74, 6) is -1.15. The third-order valence-corrected chi connectivity index (χ3v) is 2.09. The van der Waals surface area contributed by atoms with Gasteiger partial charge in [0.15, 0.2) is 0 Å². The molecule has 0 amide bonds. The second kappa shape index (κ2) is 4.32. The molecule has 1 aliphatic heterocycles. The molecule has 5 nitrogen and oxygen atoms in total. The van der Waals surface area contributed by atoms with Crippen molar-refractivity contribution in [1.29, 1.82) is 0 Å². The van der Waals surface area contributed by atoms with E-state index in [2.05, 4.69) is 4.74 Å². The number of hydrogen-bond acceptors (Lipinski definition) is 5. The van der Waals surface area contributed by atoms with Gasteiger partial charge in [-0.3, -0.25) is 0 Å². The quantitative estimate of drug-likeness (QED) is 0.563. The van der Waals surface area contributed by atoms with Crippen molar-refractivity contribution in [2.45, 2.75) is 6.29 Å². The number of epoxide rings is 1. The lowest BCUT2D eigenvalue weighted by Gasteiger charge is -2.06. The van der Waals surface area contributed by atoms with Crippen molar-refractivity contribution in [2.75, 3.05) is 13.7 Å². The SMILES string of the molecule is COC(=O)c1ccccc1C(=O)OC1CO1. The Morgan fingerprint density at radius 2 is 1.81 bits per heavy atom. The van der Waals surface area contributed by atoms with E-state index < -0.39 is 18.2 Å². The summed E-state index contributed by atoms with van der Waals surface area (Å²) < 4.78 is 14.3. The zero-order valence-corrected chi connectivity index (χ0v) is 8.64. The Morgan fingerprint density at radius 3 is 2.31 bits per heavy atom. The van der Waals surface area contributed by atoms with E-state index in [9.17, 15) is 9.59 Å². The van der Waals surface area contributed by atoms with Crippen LogP contribution in [0.4, 0.5) is 0 Å². The first-order valence-corrected chi connectivity index (χ1v) is 4.72. The number of carbonyl (C=O) groups is 2. The highest BCUT2D eigenvalue weighted by atomic mass is 16.8. The standard InChI is InChI=1S/C11H10O5/c1-14-10(12)7-4-2-3-5-8(7)11(13)16-9-6-15-9/h2-5,9H,6H2,1H3. The van der Waals surface area contributed by atoms with Crippen molar-refractivity contribution < 1.29 is 23.8 Å². The Hall–Kier alpha value is -1.88. The van der Waals surface area contributed by atoms with Crippen LogP contribution in [0.5, 0.6) is 0 Å². The number of benzene rings is 1. The summed E-state index contributed by atoms with van der Waals surface area (Å²) >= 11 is 0. The average Bonchev–Trinajstić information content (AvgIpc) is 3.12. The van der Waals surface area contributed by atoms with Gasteiger partial charge in [0.25, 0.3) is 0 Å². The molecule has 16 heavy (non-hydrogen) atoms. The number of hydrogen-bond donors (Lipinski definition) is 0.